The van der Waals surface area contributed by atoms with E-state index in [1.54, 1.807) is 26.8 Å². The van der Waals surface area contributed by atoms with Gasteiger partial charge >= 0.3 is 24.0 Å². The van der Waals surface area contributed by atoms with Gasteiger partial charge in [-0.05, 0) is 89.9 Å². The number of hydrogen-bond donors (Lipinski definition) is 0. The third kappa shape index (κ3) is 17.0. The fourth-order valence-electron chi connectivity index (χ4n) is 6.27. The molecule has 11 heteroatoms. The summed E-state index contributed by atoms with van der Waals surface area (Å²) in [6.07, 6.45) is 15.0. The second-order valence-electron chi connectivity index (χ2n) is 12.4. The van der Waals surface area contributed by atoms with Crippen molar-refractivity contribution < 1.29 is 38.1 Å². The summed E-state index contributed by atoms with van der Waals surface area (Å²) in [4.78, 5) is 47.9. The molecule has 1 heterocycles. The van der Waals surface area contributed by atoms with E-state index >= 15 is 0 Å². The smallest absolute Gasteiger partial charge is 0.411 e. The minimum Gasteiger partial charge on any atom is -2.00 e. The predicted octanol–water partition coefficient (Wildman–Crippen LogP) is 7.66. The molecule has 3 aliphatic rings. The van der Waals surface area contributed by atoms with Crippen LogP contribution in [0.15, 0.2) is 38.0 Å². The number of thiol groups is 1. The number of amides is 1. The summed E-state index contributed by atoms with van der Waals surface area (Å²) in [6.45, 7) is 17.0. The number of nitrogens with zero attached hydrogens (tertiary/aromatic N) is 1. The SMILES string of the molecule is C.C.C=CCC1CCCC1C(=O)OC.C=CC[C@@H]1CCC[C@H]1C(=O)OC.C=CC[C@@H]1CCN(C(=O)OC(C)(C)C)[C@H]1C(=O)OC.[S-2].[SH-]. The summed E-state index contributed by atoms with van der Waals surface area (Å²) < 4.78 is 19.6. The van der Waals surface area contributed by atoms with Crippen LogP contribution in [0.3, 0.4) is 0 Å². The molecular weight excluding hydrogens is 639 g/mol. The van der Waals surface area contributed by atoms with E-state index in [1.165, 1.54) is 26.2 Å². The van der Waals surface area contributed by atoms with E-state index in [0.717, 1.165) is 57.8 Å². The lowest BCUT2D eigenvalue weighted by Gasteiger charge is -2.28. The van der Waals surface area contributed by atoms with Crippen molar-refractivity contribution in [1.29, 1.82) is 0 Å². The van der Waals surface area contributed by atoms with Gasteiger partial charge in [-0.2, -0.15) is 0 Å². The fraction of sp³-hybridized carbons (Fsp3) is 0.722. The highest BCUT2D eigenvalue weighted by Gasteiger charge is 2.43. The number of carbonyl (C=O) groups excluding carboxylic acids is 4. The van der Waals surface area contributed by atoms with E-state index in [9.17, 15) is 19.2 Å². The number of methoxy groups -OCH3 is 3. The van der Waals surface area contributed by atoms with Crippen LogP contribution in [0.2, 0.25) is 0 Å². The van der Waals surface area contributed by atoms with Gasteiger partial charge in [-0.25, -0.2) is 9.59 Å². The van der Waals surface area contributed by atoms with Crippen LogP contribution in [-0.4, -0.2) is 68.4 Å². The lowest BCUT2D eigenvalue weighted by atomic mass is 9.93. The Balaban J connectivity index is -0.000000293. The molecule has 2 unspecified atom stereocenters. The van der Waals surface area contributed by atoms with Crippen LogP contribution in [0, 0.1) is 29.6 Å². The van der Waals surface area contributed by atoms with Crippen molar-refractivity contribution >= 4 is 51.0 Å². The zero-order valence-electron chi connectivity index (χ0n) is 28.2. The zero-order valence-corrected chi connectivity index (χ0v) is 29.9. The second-order valence-corrected chi connectivity index (χ2v) is 12.4. The molecule has 1 aliphatic heterocycles. The minimum absolute atomic E-state index is 0. The summed E-state index contributed by atoms with van der Waals surface area (Å²) in [7, 11) is 4.26. The van der Waals surface area contributed by atoms with E-state index in [2.05, 4.69) is 19.7 Å². The van der Waals surface area contributed by atoms with E-state index in [0.29, 0.717) is 24.8 Å². The van der Waals surface area contributed by atoms with Gasteiger partial charge in [0.1, 0.15) is 11.6 Å². The van der Waals surface area contributed by atoms with Crippen LogP contribution < -0.4 is 0 Å². The van der Waals surface area contributed by atoms with Gasteiger partial charge in [0.15, 0.2) is 0 Å². The van der Waals surface area contributed by atoms with Crippen LogP contribution in [0.4, 0.5) is 4.79 Å². The highest BCUT2D eigenvalue weighted by molar-refractivity contribution is 7.37. The summed E-state index contributed by atoms with van der Waals surface area (Å²) in [5.41, 5.74) is -0.575. The quantitative estimate of drug-likeness (QED) is 0.0787. The molecule has 47 heavy (non-hydrogen) atoms. The van der Waals surface area contributed by atoms with Gasteiger partial charge in [0.05, 0.1) is 33.2 Å². The maximum Gasteiger partial charge on any atom is 0.411 e. The van der Waals surface area contributed by atoms with Crippen LogP contribution in [0.25, 0.3) is 0 Å². The van der Waals surface area contributed by atoms with Crippen LogP contribution in [0.5, 0.6) is 0 Å². The van der Waals surface area contributed by atoms with Gasteiger partial charge < -0.3 is 45.9 Å². The zero-order chi connectivity index (χ0) is 32.6. The third-order valence-electron chi connectivity index (χ3n) is 8.33. The Kier molecular flexibility index (Phi) is 29.0. The first-order chi connectivity index (χ1) is 20.4. The first kappa shape index (κ1) is 51.4. The predicted molar refractivity (Wildman–Crippen MR) is 197 cm³/mol. The molecule has 1 amide bonds. The minimum atomic E-state index is -0.575. The van der Waals surface area contributed by atoms with Crippen molar-refractivity contribution in [1.82, 2.24) is 4.90 Å². The third-order valence-corrected chi connectivity index (χ3v) is 8.33. The van der Waals surface area contributed by atoms with Crippen molar-refractivity contribution in [3.8, 4) is 0 Å². The average Bonchev–Trinajstić information content (AvgIpc) is 3.72. The molecular formula is C36H64NO8S2-3. The number of hydrogen-bond acceptors (Lipinski definition) is 9. The van der Waals surface area contributed by atoms with Crippen molar-refractivity contribution in [2.24, 2.45) is 29.6 Å². The first-order valence-corrected chi connectivity index (χ1v) is 15.4. The Hall–Kier alpha value is -2.40. The van der Waals surface area contributed by atoms with Crippen molar-refractivity contribution in [2.75, 3.05) is 27.9 Å². The normalized spacial score (nSPS) is 23.8. The largest absolute Gasteiger partial charge is 2.00 e. The number of carbonyl (C=O) groups is 4. The molecule has 9 nitrogen and oxygen atoms in total. The molecule has 6 atom stereocenters. The lowest BCUT2D eigenvalue weighted by molar-refractivity contribution is -0.147. The Morgan fingerprint density at radius 2 is 1.06 bits per heavy atom. The summed E-state index contributed by atoms with van der Waals surface area (Å²) in [5, 5.41) is 0. The van der Waals surface area contributed by atoms with Crippen LogP contribution in [0.1, 0.15) is 99.8 Å². The molecule has 3 fully saturated rings. The number of ether oxygens (including phenoxy) is 4. The van der Waals surface area contributed by atoms with Crippen molar-refractivity contribution in [3.05, 3.63) is 38.0 Å². The fourth-order valence-corrected chi connectivity index (χ4v) is 6.27. The summed E-state index contributed by atoms with van der Waals surface area (Å²) in [5.74, 6) is 0.803. The summed E-state index contributed by atoms with van der Waals surface area (Å²) >= 11 is 0. The Bertz CT molecular complexity index is 912. The Morgan fingerprint density at radius 1 is 0.681 bits per heavy atom. The maximum absolute atomic E-state index is 12.1. The topological polar surface area (TPSA) is 108 Å². The number of esters is 3. The number of allylic oxidation sites excluding steroid dienone is 3. The maximum atomic E-state index is 12.1. The van der Waals surface area contributed by atoms with Gasteiger partial charge in [0.2, 0.25) is 0 Å². The average molecular weight is 703 g/mol. The van der Waals surface area contributed by atoms with E-state index < -0.39 is 23.7 Å². The molecule has 2 saturated carbocycles. The molecule has 0 radical (unpaired) electrons. The molecule has 0 N–H and O–H groups in total. The standard InChI is InChI=1S/C14H23NO4.2C10H16O2.2CH4.H2S.S/c1-6-7-10-8-9-15(11(10)12(16)18-5)13(17)19-14(2,3)4;2*1-3-5-8-6-4-7-9(8)10(11)12-2;;;;/h6,10-11H,1,7-9H2,2-5H3;2*3,8-9H,1,4-7H2,2H3;2*1H4;1H2;/q;;;;;;-2/p-1/t10-,11-;8-,9-;;;;;/m11...../s1. The van der Waals surface area contributed by atoms with E-state index in [1.807, 2.05) is 12.2 Å². The molecule has 0 aromatic rings. The second kappa shape index (κ2) is 26.5. The highest BCUT2D eigenvalue weighted by atomic mass is 32.1. The molecule has 276 valence electrons. The first-order valence-electron chi connectivity index (χ1n) is 15.4. The van der Waals surface area contributed by atoms with Gasteiger partial charge in [0.25, 0.3) is 0 Å². The molecule has 0 aromatic heterocycles. The summed E-state index contributed by atoms with van der Waals surface area (Å²) in [6, 6.07) is -0.571. The molecule has 0 spiro atoms. The number of rotatable bonds is 9. The molecule has 0 bridgehead atoms. The Morgan fingerprint density at radius 3 is 1.40 bits per heavy atom. The highest BCUT2D eigenvalue weighted by Crippen LogP contribution is 2.36. The van der Waals surface area contributed by atoms with Gasteiger partial charge in [-0.1, -0.05) is 45.9 Å². The Labute approximate surface area is 300 Å². The van der Waals surface area contributed by atoms with Gasteiger partial charge in [-0.15, -0.1) is 19.7 Å². The molecule has 0 aromatic carbocycles. The van der Waals surface area contributed by atoms with Gasteiger partial charge in [-0.3, -0.25) is 14.5 Å². The van der Waals surface area contributed by atoms with Crippen LogP contribution in [-0.2, 0) is 60.3 Å². The molecule has 2 aliphatic carbocycles. The van der Waals surface area contributed by atoms with E-state index in [-0.39, 0.29) is 71.5 Å². The molecule has 1 saturated heterocycles. The van der Waals surface area contributed by atoms with E-state index in [4.69, 9.17) is 18.9 Å². The van der Waals surface area contributed by atoms with Crippen molar-refractivity contribution in [2.45, 2.75) is 111 Å². The van der Waals surface area contributed by atoms with Crippen molar-refractivity contribution in [3.63, 3.8) is 0 Å². The monoisotopic (exact) mass is 702 g/mol. The molecule has 3 rings (SSSR count). The number of likely N-dealkylation sites (tertiary alicyclic amines) is 1. The van der Waals surface area contributed by atoms with Gasteiger partial charge in [0, 0.05) is 6.54 Å². The lowest BCUT2D eigenvalue weighted by Crippen LogP contribution is -2.46. The van der Waals surface area contributed by atoms with Crippen LogP contribution >= 0.6 is 0 Å².